The molecule has 0 aliphatic carbocycles. The zero-order valence-electron chi connectivity index (χ0n) is 13.2. The summed E-state index contributed by atoms with van der Waals surface area (Å²) in [5.41, 5.74) is 1.43. The molecule has 0 aromatic heterocycles. The molecule has 0 bridgehead atoms. The van der Waals surface area contributed by atoms with Crippen LogP contribution in [0, 0.1) is 0 Å². The van der Waals surface area contributed by atoms with Crippen molar-refractivity contribution < 1.29 is 24.1 Å². The summed E-state index contributed by atoms with van der Waals surface area (Å²) in [5, 5.41) is 9.97. The quantitative estimate of drug-likeness (QED) is 0.796. The Morgan fingerprint density at radius 3 is 2.52 bits per heavy atom. The number of hydrogen-bond donors (Lipinski definition) is 1. The molecule has 5 heteroatoms. The van der Waals surface area contributed by atoms with Gasteiger partial charge in [-0.15, -0.1) is 0 Å². The fraction of sp³-hybridized carbons (Fsp3) is 0.278. The monoisotopic (exact) mass is 316 g/mol. The van der Waals surface area contributed by atoms with Crippen LogP contribution in [-0.2, 0) is 16.1 Å². The smallest absolute Gasteiger partial charge is 0.339 e. The molecule has 122 valence electrons. The fourth-order valence-electron chi connectivity index (χ4n) is 2.07. The number of esters is 1. The summed E-state index contributed by atoms with van der Waals surface area (Å²) in [4.78, 5) is 11.6. The van der Waals surface area contributed by atoms with E-state index in [1.165, 1.54) is 7.11 Å². The minimum Gasteiger partial charge on any atom is -0.493 e. The zero-order valence-corrected chi connectivity index (χ0v) is 13.2. The Hall–Kier alpha value is -2.53. The van der Waals surface area contributed by atoms with E-state index in [9.17, 15) is 9.90 Å². The molecule has 0 saturated carbocycles. The average molecular weight is 316 g/mol. The van der Waals surface area contributed by atoms with Crippen LogP contribution in [0.4, 0.5) is 0 Å². The molecule has 0 spiro atoms. The summed E-state index contributed by atoms with van der Waals surface area (Å²) in [6.07, 6.45) is -1.34. The normalized spacial score (nSPS) is 11.6. The van der Waals surface area contributed by atoms with E-state index in [-0.39, 0.29) is 6.61 Å². The van der Waals surface area contributed by atoms with Crippen LogP contribution in [0.1, 0.15) is 24.2 Å². The highest BCUT2D eigenvalue weighted by Crippen LogP contribution is 2.31. The predicted molar refractivity (Wildman–Crippen MR) is 85.4 cm³/mol. The Bertz CT molecular complexity index is 639. The van der Waals surface area contributed by atoms with Crippen LogP contribution in [0.15, 0.2) is 48.5 Å². The summed E-state index contributed by atoms with van der Waals surface area (Å²) in [5.74, 6) is 0.297. The number of ether oxygens (including phenoxy) is 3. The first-order chi connectivity index (χ1) is 11.2. The SMILES string of the molecule is CCOC(=O)C(O)c1ccc(OCc2ccccc2)c(OC)c1. The fourth-order valence-corrected chi connectivity index (χ4v) is 2.07. The Labute approximate surface area is 135 Å². The van der Waals surface area contributed by atoms with Gasteiger partial charge in [0.05, 0.1) is 13.7 Å². The average Bonchev–Trinajstić information content (AvgIpc) is 2.60. The Morgan fingerprint density at radius 1 is 1.13 bits per heavy atom. The summed E-state index contributed by atoms with van der Waals surface area (Å²) in [6, 6.07) is 14.6. The van der Waals surface area contributed by atoms with Crippen molar-refractivity contribution in [2.24, 2.45) is 0 Å². The third-order valence-corrected chi connectivity index (χ3v) is 3.25. The molecular weight excluding hydrogens is 296 g/mol. The van der Waals surface area contributed by atoms with E-state index in [1.807, 2.05) is 30.3 Å². The van der Waals surface area contributed by atoms with Crippen LogP contribution < -0.4 is 9.47 Å². The van der Waals surface area contributed by atoms with E-state index >= 15 is 0 Å². The van der Waals surface area contributed by atoms with Gasteiger partial charge in [0.1, 0.15) is 6.61 Å². The van der Waals surface area contributed by atoms with E-state index in [1.54, 1.807) is 25.1 Å². The lowest BCUT2D eigenvalue weighted by Crippen LogP contribution is -2.15. The van der Waals surface area contributed by atoms with Crippen LogP contribution in [0.5, 0.6) is 11.5 Å². The maximum atomic E-state index is 11.6. The molecular formula is C18H20O5. The van der Waals surface area contributed by atoms with Gasteiger partial charge in [-0.05, 0) is 30.2 Å². The van der Waals surface area contributed by atoms with Gasteiger partial charge in [-0.3, -0.25) is 0 Å². The zero-order chi connectivity index (χ0) is 16.7. The molecule has 2 rings (SSSR count). The maximum Gasteiger partial charge on any atom is 0.339 e. The van der Waals surface area contributed by atoms with Crippen molar-refractivity contribution in [1.82, 2.24) is 0 Å². The first-order valence-electron chi connectivity index (χ1n) is 7.35. The molecule has 5 nitrogen and oxygen atoms in total. The number of carbonyl (C=O) groups is 1. The van der Waals surface area contributed by atoms with Gasteiger partial charge in [0.25, 0.3) is 0 Å². The molecule has 0 saturated heterocycles. The highest BCUT2D eigenvalue weighted by atomic mass is 16.5. The molecule has 1 unspecified atom stereocenters. The van der Waals surface area contributed by atoms with Crippen LogP contribution in [0.2, 0.25) is 0 Å². The summed E-state index contributed by atoms with van der Waals surface area (Å²) < 4.78 is 15.8. The van der Waals surface area contributed by atoms with Crippen LogP contribution in [-0.4, -0.2) is 24.8 Å². The van der Waals surface area contributed by atoms with Gasteiger partial charge in [-0.2, -0.15) is 0 Å². The van der Waals surface area contributed by atoms with Crippen molar-refractivity contribution in [3.8, 4) is 11.5 Å². The van der Waals surface area contributed by atoms with Crippen molar-refractivity contribution in [3.05, 3.63) is 59.7 Å². The Morgan fingerprint density at radius 2 is 1.87 bits per heavy atom. The lowest BCUT2D eigenvalue weighted by Gasteiger charge is -2.14. The number of aliphatic hydroxyl groups excluding tert-OH is 1. The number of aliphatic hydroxyl groups is 1. The number of rotatable bonds is 7. The van der Waals surface area contributed by atoms with Gasteiger partial charge in [0.2, 0.25) is 0 Å². The van der Waals surface area contributed by atoms with E-state index in [4.69, 9.17) is 14.2 Å². The third-order valence-electron chi connectivity index (χ3n) is 3.25. The lowest BCUT2D eigenvalue weighted by atomic mass is 10.1. The molecule has 0 aliphatic rings. The topological polar surface area (TPSA) is 65.0 Å². The van der Waals surface area contributed by atoms with Gasteiger partial charge in [-0.25, -0.2) is 4.79 Å². The molecule has 0 fully saturated rings. The first-order valence-corrected chi connectivity index (χ1v) is 7.35. The summed E-state index contributed by atoms with van der Waals surface area (Å²) >= 11 is 0. The minimum absolute atomic E-state index is 0.214. The second-order valence-electron chi connectivity index (χ2n) is 4.84. The third kappa shape index (κ3) is 4.47. The van der Waals surface area contributed by atoms with Gasteiger partial charge in [0, 0.05) is 0 Å². The molecule has 0 radical (unpaired) electrons. The standard InChI is InChI=1S/C18H20O5/c1-3-22-18(20)17(19)14-9-10-15(16(11-14)21-2)23-12-13-7-5-4-6-8-13/h4-11,17,19H,3,12H2,1-2H3. The van der Waals surface area contributed by atoms with Crippen molar-refractivity contribution >= 4 is 5.97 Å². The minimum atomic E-state index is -1.34. The van der Waals surface area contributed by atoms with Gasteiger partial charge < -0.3 is 19.3 Å². The second-order valence-corrected chi connectivity index (χ2v) is 4.84. The van der Waals surface area contributed by atoms with E-state index in [2.05, 4.69) is 0 Å². The van der Waals surface area contributed by atoms with Gasteiger partial charge in [-0.1, -0.05) is 36.4 Å². The number of benzene rings is 2. The lowest BCUT2D eigenvalue weighted by molar-refractivity contribution is -0.153. The summed E-state index contributed by atoms with van der Waals surface area (Å²) in [7, 11) is 1.51. The number of carbonyl (C=O) groups excluding carboxylic acids is 1. The van der Waals surface area contributed by atoms with Crippen molar-refractivity contribution in [3.63, 3.8) is 0 Å². The maximum absolute atomic E-state index is 11.6. The van der Waals surface area contributed by atoms with E-state index in [0.29, 0.717) is 23.7 Å². The van der Waals surface area contributed by atoms with Crippen LogP contribution in [0.3, 0.4) is 0 Å². The second kappa shape index (κ2) is 8.19. The van der Waals surface area contributed by atoms with Gasteiger partial charge in [0.15, 0.2) is 17.6 Å². The molecule has 1 atom stereocenters. The van der Waals surface area contributed by atoms with Crippen LogP contribution >= 0.6 is 0 Å². The Balaban J connectivity index is 2.11. The highest BCUT2D eigenvalue weighted by Gasteiger charge is 2.20. The number of methoxy groups -OCH3 is 1. The molecule has 2 aromatic rings. The molecule has 0 heterocycles. The molecule has 2 aromatic carbocycles. The first kappa shape index (κ1) is 16.8. The summed E-state index contributed by atoms with van der Waals surface area (Å²) in [6.45, 7) is 2.30. The Kier molecular flexibility index (Phi) is 6.00. The molecule has 1 N–H and O–H groups in total. The molecule has 0 amide bonds. The van der Waals surface area contributed by atoms with Gasteiger partial charge >= 0.3 is 5.97 Å². The highest BCUT2D eigenvalue weighted by molar-refractivity contribution is 5.76. The number of hydrogen-bond acceptors (Lipinski definition) is 5. The largest absolute Gasteiger partial charge is 0.493 e. The molecule has 0 aliphatic heterocycles. The van der Waals surface area contributed by atoms with Crippen molar-refractivity contribution in [2.45, 2.75) is 19.6 Å². The van der Waals surface area contributed by atoms with Crippen molar-refractivity contribution in [1.29, 1.82) is 0 Å². The predicted octanol–water partition coefficient (Wildman–Crippen LogP) is 2.87. The van der Waals surface area contributed by atoms with E-state index < -0.39 is 12.1 Å². The molecule has 23 heavy (non-hydrogen) atoms. The van der Waals surface area contributed by atoms with Crippen molar-refractivity contribution in [2.75, 3.05) is 13.7 Å². The van der Waals surface area contributed by atoms with Crippen LogP contribution in [0.25, 0.3) is 0 Å². The van der Waals surface area contributed by atoms with E-state index in [0.717, 1.165) is 5.56 Å².